The average molecular weight is 297 g/mol. The molecule has 114 valence electrons. The zero-order valence-electron chi connectivity index (χ0n) is 13.1. The third-order valence-electron chi connectivity index (χ3n) is 3.44. The van der Waals surface area contributed by atoms with E-state index in [1.54, 1.807) is 13.2 Å². The Bertz CT molecular complexity index is 772. The van der Waals surface area contributed by atoms with Gasteiger partial charge in [-0.25, -0.2) is 4.68 Å². The number of ether oxygens (including phenoxy) is 1. The number of aromatic nitrogens is 2. The molecule has 5 nitrogen and oxygen atoms in total. The fraction of sp³-hybridized carbons (Fsp3) is 0.353. The van der Waals surface area contributed by atoms with Crippen molar-refractivity contribution in [3.8, 4) is 23.1 Å². The zero-order chi connectivity index (χ0) is 16.1. The van der Waals surface area contributed by atoms with Gasteiger partial charge in [0.05, 0.1) is 25.3 Å². The number of benzene rings is 1. The van der Waals surface area contributed by atoms with Gasteiger partial charge in [-0.3, -0.25) is 4.79 Å². The van der Waals surface area contributed by atoms with Crippen LogP contribution in [-0.4, -0.2) is 16.9 Å². The van der Waals surface area contributed by atoms with E-state index in [-0.39, 0.29) is 12.0 Å². The van der Waals surface area contributed by atoms with Crippen molar-refractivity contribution in [3.63, 3.8) is 0 Å². The smallest absolute Gasteiger partial charge is 0.271 e. The summed E-state index contributed by atoms with van der Waals surface area (Å²) in [4.78, 5) is 12.2. The Balaban J connectivity index is 2.57. The molecule has 0 aliphatic heterocycles. The number of methoxy groups -OCH3 is 1. The largest absolute Gasteiger partial charge is 0.496 e. The lowest BCUT2D eigenvalue weighted by Gasteiger charge is -2.10. The van der Waals surface area contributed by atoms with Crippen LogP contribution in [0.15, 0.2) is 29.1 Å². The number of rotatable bonds is 5. The summed E-state index contributed by atoms with van der Waals surface area (Å²) in [6.45, 7) is 4.49. The summed E-state index contributed by atoms with van der Waals surface area (Å²) in [7, 11) is 1.63. The monoisotopic (exact) mass is 297 g/mol. The quantitative estimate of drug-likeness (QED) is 0.851. The van der Waals surface area contributed by atoms with E-state index >= 15 is 0 Å². The molecule has 0 saturated carbocycles. The fourth-order valence-corrected chi connectivity index (χ4v) is 2.35. The van der Waals surface area contributed by atoms with Gasteiger partial charge in [0.25, 0.3) is 5.56 Å². The van der Waals surface area contributed by atoms with Crippen LogP contribution in [0.2, 0.25) is 0 Å². The first-order valence-electron chi connectivity index (χ1n) is 7.23. The Labute approximate surface area is 129 Å². The Morgan fingerprint density at radius 2 is 2.14 bits per heavy atom. The predicted octanol–water partition coefficient (Wildman–Crippen LogP) is 2.70. The van der Waals surface area contributed by atoms with E-state index in [0.717, 1.165) is 23.3 Å². The van der Waals surface area contributed by atoms with Gasteiger partial charge >= 0.3 is 0 Å². The van der Waals surface area contributed by atoms with Gasteiger partial charge in [-0.2, -0.15) is 10.4 Å². The molecule has 0 aliphatic carbocycles. The fourth-order valence-electron chi connectivity index (χ4n) is 2.35. The van der Waals surface area contributed by atoms with Gasteiger partial charge < -0.3 is 4.74 Å². The maximum Gasteiger partial charge on any atom is 0.271 e. The summed E-state index contributed by atoms with van der Waals surface area (Å²) in [6, 6.07) is 9.51. The molecule has 2 rings (SSSR count). The van der Waals surface area contributed by atoms with Gasteiger partial charge in [0.2, 0.25) is 0 Å². The van der Waals surface area contributed by atoms with Crippen LogP contribution in [0, 0.1) is 18.3 Å². The lowest BCUT2D eigenvalue weighted by molar-refractivity contribution is 0.412. The molecule has 22 heavy (non-hydrogen) atoms. The maximum atomic E-state index is 12.2. The molecule has 1 aromatic carbocycles. The Morgan fingerprint density at radius 3 is 2.73 bits per heavy atom. The first kappa shape index (κ1) is 15.8. The van der Waals surface area contributed by atoms with Crippen LogP contribution in [0.5, 0.6) is 5.75 Å². The van der Waals surface area contributed by atoms with Gasteiger partial charge in [-0.05, 0) is 43.2 Å². The highest BCUT2D eigenvalue weighted by Crippen LogP contribution is 2.24. The van der Waals surface area contributed by atoms with Crippen LogP contribution >= 0.6 is 0 Å². The third kappa shape index (κ3) is 3.17. The van der Waals surface area contributed by atoms with Crippen LogP contribution in [0.1, 0.15) is 24.5 Å². The molecule has 0 aliphatic rings. The molecule has 0 amide bonds. The minimum atomic E-state index is -0.183. The number of nitriles is 1. The van der Waals surface area contributed by atoms with Crippen molar-refractivity contribution in [2.24, 2.45) is 0 Å². The van der Waals surface area contributed by atoms with Crippen LogP contribution in [0.4, 0.5) is 0 Å². The van der Waals surface area contributed by atoms with Crippen LogP contribution in [0.3, 0.4) is 0 Å². The topological polar surface area (TPSA) is 67.9 Å². The summed E-state index contributed by atoms with van der Waals surface area (Å²) in [5, 5.41) is 13.3. The van der Waals surface area contributed by atoms with Crippen LogP contribution in [0.25, 0.3) is 11.3 Å². The van der Waals surface area contributed by atoms with E-state index in [9.17, 15) is 4.79 Å². The molecule has 0 saturated heterocycles. The summed E-state index contributed by atoms with van der Waals surface area (Å²) < 4.78 is 6.71. The van der Waals surface area contributed by atoms with Crippen molar-refractivity contribution in [1.29, 1.82) is 5.26 Å². The van der Waals surface area contributed by atoms with Gasteiger partial charge in [-0.15, -0.1) is 0 Å². The zero-order valence-corrected chi connectivity index (χ0v) is 13.1. The summed E-state index contributed by atoms with van der Waals surface area (Å²) in [5.41, 5.74) is 2.90. The predicted molar refractivity (Wildman–Crippen MR) is 84.8 cm³/mol. The van der Waals surface area contributed by atoms with E-state index in [0.29, 0.717) is 17.8 Å². The normalized spacial score (nSPS) is 10.3. The first-order valence-corrected chi connectivity index (χ1v) is 7.23. The van der Waals surface area contributed by atoms with Gasteiger partial charge in [0.15, 0.2) is 0 Å². The van der Waals surface area contributed by atoms with Gasteiger partial charge in [0.1, 0.15) is 5.75 Å². The lowest BCUT2D eigenvalue weighted by atomic mass is 10.1. The van der Waals surface area contributed by atoms with E-state index < -0.39 is 0 Å². The highest BCUT2D eigenvalue weighted by molar-refractivity contribution is 5.62. The van der Waals surface area contributed by atoms with Gasteiger partial charge in [-0.1, -0.05) is 6.92 Å². The molecule has 0 fully saturated rings. The summed E-state index contributed by atoms with van der Waals surface area (Å²) >= 11 is 0. The Morgan fingerprint density at radius 1 is 1.36 bits per heavy atom. The van der Waals surface area contributed by atoms with Crippen LogP contribution < -0.4 is 10.3 Å². The SMILES string of the molecule is CCCn1nc(-c2ccc(OC)c(C)c2)cc(CC#N)c1=O. The third-order valence-corrected chi connectivity index (χ3v) is 3.44. The number of nitrogens with zero attached hydrogens (tertiary/aromatic N) is 3. The molecule has 0 spiro atoms. The highest BCUT2D eigenvalue weighted by atomic mass is 16.5. The molecule has 5 heteroatoms. The summed E-state index contributed by atoms with van der Waals surface area (Å²) in [6.07, 6.45) is 0.900. The number of hydrogen-bond acceptors (Lipinski definition) is 4. The van der Waals surface area contributed by atoms with E-state index in [1.165, 1.54) is 4.68 Å². The minimum absolute atomic E-state index is 0.0905. The van der Waals surface area contributed by atoms with Crippen molar-refractivity contribution in [2.45, 2.75) is 33.2 Å². The highest BCUT2D eigenvalue weighted by Gasteiger charge is 2.10. The Kier molecular flexibility index (Phi) is 4.95. The van der Waals surface area contributed by atoms with E-state index in [2.05, 4.69) is 5.10 Å². The molecular formula is C17H19N3O2. The maximum absolute atomic E-state index is 12.2. The molecule has 2 aromatic rings. The van der Waals surface area contributed by atoms with Crippen LogP contribution in [-0.2, 0) is 13.0 Å². The second-order valence-corrected chi connectivity index (χ2v) is 5.10. The first-order chi connectivity index (χ1) is 10.6. The molecular weight excluding hydrogens is 278 g/mol. The van der Waals surface area contributed by atoms with Crippen molar-refractivity contribution in [3.05, 3.63) is 45.7 Å². The van der Waals surface area contributed by atoms with E-state index in [4.69, 9.17) is 10.00 Å². The Hall–Kier alpha value is -2.61. The second-order valence-electron chi connectivity index (χ2n) is 5.10. The lowest BCUT2D eigenvalue weighted by Crippen LogP contribution is -2.26. The van der Waals surface area contributed by atoms with Crippen molar-refractivity contribution < 1.29 is 4.74 Å². The average Bonchev–Trinajstić information content (AvgIpc) is 2.51. The standard InChI is InChI=1S/C17H19N3O2/c1-4-9-20-17(21)14(7-8-18)11-15(19-20)13-5-6-16(22-3)12(2)10-13/h5-6,10-11H,4,7,9H2,1-3H3. The van der Waals surface area contributed by atoms with Crippen molar-refractivity contribution in [1.82, 2.24) is 9.78 Å². The minimum Gasteiger partial charge on any atom is -0.496 e. The molecule has 1 aromatic heterocycles. The molecule has 0 N–H and O–H groups in total. The summed E-state index contributed by atoms with van der Waals surface area (Å²) in [5.74, 6) is 0.808. The molecule has 0 atom stereocenters. The van der Waals surface area contributed by atoms with E-state index in [1.807, 2.05) is 38.1 Å². The molecule has 0 bridgehead atoms. The molecule has 0 unspecified atom stereocenters. The van der Waals surface area contributed by atoms with Gasteiger partial charge in [0, 0.05) is 17.7 Å². The number of hydrogen-bond donors (Lipinski definition) is 0. The molecule has 0 radical (unpaired) electrons. The second kappa shape index (κ2) is 6.90. The number of aryl methyl sites for hydroxylation is 2. The van der Waals surface area contributed by atoms with Crippen molar-refractivity contribution in [2.75, 3.05) is 7.11 Å². The molecule has 1 heterocycles. The van der Waals surface area contributed by atoms with Crippen molar-refractivity contribution >= 4 is 0 Å².